The molecule has 78 valence electrons. The summed E-state index contributed by atoms with van der Waals surface area (Å²) in [5.41, 5.74) is 2.23. The van der Waals surface area contributed by atoms with Crippen molar-refractivity contribution in [3.05, 3.63) is 35.4 Å². The van der Waals surface area contributed by atoms with E-state index in [-0.39, 0.29) is 6.10 Å². The maximum Gasteiger partial charge on any atom is 0.0883 e. The molecule has 2 heteroatoms. The zero-order chi connectivity index (χ0) is 10.6. The average molecular weight is 210 g/mol. The van der Waals surface area contributed by atoms with E-state index in [9.17, 15) is 5.11 Å². The Labute approximate surface area is 90.5 Å². The van der Waals surface area contributed by atoms with E-state index in [1.807, 2.05) is 31.2 Å². The number of thioether (sulfide) groups is 1. The topological polar surface area (TPSA) is 20.2 Å². The molecule has 1 rings (SSSR count). The highest BCUT2D eigenvalue weighted by molar-refractivity contribution is 7.99. The van der Waals surface area contributed by atoms with E-state index in [4.69, 9.17) is 0 Å². The summed E-state index contributed by atoms with van der Waals surface area (Å²) in [6.45, 7) is 6.34. The maximum atomic E-state index is 9.93. The largest absolute Gasteiger partial charge is 0.388 e. The van der Waals surface area contributed by atoms with Gasteiger partial charge in [0.15, 0.2) is 0 Å². The fraction of sp³-hybridized carbons (Fsp3) is 0.500. The third-order valence-electron chi connectivity index (χ3n) is 2.13. The molecule has 0 amide bonds. The predicted molar refractivity (Wildman–Crippen MR) is 63.7 cm³/mol. The first kappa shape index (κ1) is 11.6. The van der Waals surface area contributed by atoms with Crippen LogP contribution < -0.4 is 0 Å². The summed E-state index contributed by atoms with van der Waals surface area (Å²) in [5, 5.41) is 10.5. The molecule has 0 aromatic heterocycles. The molecule has 0 spiro atoms. The van der Waals surface area contributed by atoms with Crippen molar-refractivity contribution in [1.82, 2.24) is 0 Å². The molecular weight excluding hydrogens is 192 g/mol. The molecule has 0 fully saturated rings. The molecule has 0 heterocycles. The normalized spacial score (nSPS) is 13.2. The smallest absolute Gasteiger partial charge is 0.0883 e. The van der Waals surface area contributed by atoms with E-state index >= 15 is 0 Å². The van der Waals surface area contributed by atoms with Crippen LogP contribution in [0.2, 0.25) is 0 Å². The van der Waals surface area contributed by atoms with Crippen molar-refractivity contribution >= 4 is 11.8 Å². The molecule has 14 heavy (non-hydrogen) atoms. The van der Waals surface area contributed by atoms with Gasteiger partial charge in [-0.25, -0.2) is 0 Å². The van der Waals surface area contributed by atoms with Crippen molar-refractivity contribution in [2.75, 3.05) is 5.75 Å². The Hall–Kier alpha value is -0.470. The average Bonchev–Trinajstić information content (AvgIpc) is 2.15. The highest BCUT2D eigenvalue weighted by Crippen LogP contribution is 2.23. The van der Waals surface area contributed by atoms with Gasteiger partial charge in [0.25, 0.3) is 0 Å². The minimum atomic E-state index is -0.330. The number of hydrogen-bond donors (Lipinski definition) is 1. The lowest BCUT2D eigenvalue weighted by Gasteiger charge is -2.14. The molecule has 1 unspecified atom stereocenters. The van der Waals surface area contributed by atoms with Crippen LogP contribution in [0.5, 0.6) is 0 Å². The van der Waals surface area contributed by atoms with Crippen LogP contribution in [0.25, 0.3) is 0 Å². The van der Waals surface area contributed by atoms with Gasteiger partial charge in [-0.15, -0.1) is 0 Å². The number of aryl methyl sites for hydroxylation is 1. The summed E-state index contributed by atoms with van der Waals surface area (Å²) in [7, 11) is 0. The van der Waals surface area contributed by atoms with Gasteiger partial charge in [-0.2, -0.15) is 11.8 Å². The van der Waals surface area contributed by atoms with Gasteiger partial charge in [0.1, 0.15) is 0 Å². The molecule has 1 aromatic carbocycles. The number of aliphatic hydroxyl groups excluding tert-OH is 1. The molecule has 0 aliphatic rings. The lowest BCUT2D eigenvalue weighted by molar-refractivity contribution is 0.203. The second-order valence-corrected chi connectivity index (χ2v) is 5.36. The van der Waals surface area contributed by atoms with Gasteiger partial charge >= 0.3 is 0 Å². The van der Waals surface area contributed by atoms with Crippen LogP contribution in [0, 0.1) is 6.92 Å². The Morgan fingerprint density at radius 1 is 1.29 bits per heavy atom. The van der Waals surface area contributed by atoms with Crippen molar-refractivity contribution in [1.29, 1.82) is 0 Å². The molecule has 0 aliphatic carbocycles. The van der Waals surface area contributed by atoms with Crippen molar-refractivity contribution in [2.24, 2.45) is 0 Å². The van der Waals surface area contributed by atoms with Gasteiger partial charge in [0, 0.05) is 5.75 Å². The minimum absolute atomic E-state index is 0.330. The quantitative estimate of drug-likeness (QED) is 0.823. The summed E-state index contributed by atoms with van der Waals surface area (Å²) in [6, 6.07) is 8.02. The molecule has 1 aromatic rings. The van der Waals surface area contributed by atoms with Crippen LogP contribution in [-0.4, -0.2) is 16.1 Å². The Morgan fingerprint density at radius 2 is 1.93 bits per heavy atom. The SMILES string of the molecule is Cc1ccccc1C(O)CSC(C)C. The van der Waals surface area contributed by atoms with Crippen molar-refractivity contribution in [3.8, 4) is 0 Å². The summed E-state index contributed by atoms with van der Waals surface area (Å²) in [6.07, 6.45) is -0.330. The maximum absolute atomic E-state index is 9.93. The molecule has 0 radical (unpaired) electrons. The van der Waals surface area contributed by atoms with E-state index in [1.54, 1.807) is 11.8 Å². The van der Waals surface area contributed by atoms with Gasteiger partial charge < -0.3 is 5.11 Å². The zero-order valence-electron chi connectivity index (χ0n) is 9.03. The minimum Gasteiger partial charge on any atom is -0.388 e. The zero-order valence-corrected chi connectivity index (χ0v) is 9.84. The van der Waals surface area contributed by atoms with E-state index < -0.39 is 0 Å². The van der Waals surface area contributed by atoms with Gasteiger partial charge in [0.2, 0.25) is 0 Å². The van der Waals surface area contributed by atoms with E-state index in [2.05, 4.69) is 13.8 Å². The van der Waals surface area contributed by atoms with E-state index in [1.165, 1.54) is 5.56 Å². The second kappa shape index (κ2) is 5.42. The van der Waals surface area contributed by atoms with E-state index in [0.29, 0.717) is 5.25 Å². The van der Waals surface area contributed by atoms with Gasteiger partial charge in [0.05, 0.1) is 6.10 Å². The standard InChI is InChI=1S/C12H18OS/c1-9(2)14-8-12(13)11-7-5-4-6-10(11)3/h4-7,9,12-13H,8H2,1-3H3. The third kappa shape index (κ3) is 3.35. The monoisotopic (exact) mass is 210 g/mol. The molecule has 1 nitrogen and oxygen atoms in total. The molecule has 0 aliphatic heterocycles. The summed E-state index contributed by atoms with van der Waals surface area (Å²) < 4.78 is 0. The number of benzene rings is 1. The van der Waals surface area contributed by atoms with Crippen LogP contribution in [0.3, 0.4) is 0 Å². The Morgan fingerprint density at radius 3 is 2.50 bits per heavy atom. The van der Waals surface area contributed by atoms with Crippen molar-refractivity contribution < 1.29 is 5.11 Å². The molecule has 1 atom stereocenters. The second-order valence-electron chi connectivity index (χ2n) is 3.75. The molecule has 0 saturated heterocycles. The fourth-order valence-corrected chi connectivity index (χ4v) is 2.08. The van der Waals surface area contributed by atoms with Gasteiger partial charge in [-0.05, 0) is 23.3 Å². The molecular formula is C12H18OS. The number of aliphatic hydroxyl groups is 1. The molecule has 0 bridgehead atoms. The highest BCUT2D eigenvalue weighted by Gasteiger charge is 2.10. The summed E-state index contributed by atoms with van der Waals surface area (Å²) in [5.74, 6) is 0.780. The Kier molecular flexibility index (Phi) is 4.49. The Bertz CT molecular complexity index is 283. The molecule has 0 saturated carbocycles. The number of rotatable bonds is 4. The predicted octanol–water partition coefficient (Wildman–Crippen LogP) is 3.17. The highest BCUT2D eigenvalue weighted by atomic mass is 32.2. The molecule has 1 N–H and O–H groups in total. The van der Waals surface area contributed by atoms with Crippen LogP contribution in [-0.2, 0) is 0 Å². The van der Waals surface area contributed by atoms with Gasteiger partial charge in [-0.3, -0.25) is 0 Å². The lowest BCUT2D eigenvalue weighted by atomic mass is 10.1. The summed E-state index contributed by atoms with van der Waals surface area (Å²) in [4.78, 5) is 0. The Balaban J connectivity index is 2.60. The van der Waals surface area contributed by atoms with Gasteiger partial charge in [-0.1, -0.05) is 38.1 Å². The van der Waals surface area contributed by atoms with Crippen LogP contribution in [0.15, 0.2) is 24.3 Å². The van der Waals surface area contributed by atoms with Crippen molar-refractivity contribution in [2.45, 2.75) is 32.1 Å². The fourth-order valence-electron chi connectivity index (χ4n) is 1.33. The first-order valence-corrected chi connectivity index (χ1v) is 6.01. The number of hydrogen-bond acceptors (Lipinski definition) is 2. The van der Waals surface area contributed by atoms with Crippen molar-refractivity contribution in [3.63, 3.8) is 0 Å². The third-order valence-corrected chi connectivity index (χ3v) is 3.31. The first-order valence-electron chi connectivity index (χ1n) is 4.96. The van der Waals surface area contributed by atoms with Crippen LogP contribution >= 0.6 is 11.8 Å². The first-order chi connectivity index (χ1) is 6.61. The summed E-state index contributed by atoms with van der Waals surface area (Å²) >= 11 is 1.79. The van der Waals surface area contributed by atoms with E-state index in [0.717, 1.165) is 11.3 Å². The van der Waals surface area contributed by atoms with Crippen LogP contribution in [0.4, 0.5) is 0 Å². The van der Waals surface area contributed by atoms with Crippen LogP contribution in [0.1, 0.15) is 31.1 Å². The lowest BCUT2D eigenvalue weighted by Crippen LogP contribution is -2.04.